The van der Waals surface area contributed by atoms with Gasteiger partial charge in [-0.2, -0.15) is 0 Å². The van der Waals surface area contributed by atoms with Gasteiger partial charge in [0.1, 0.15) is 5.02 Å². The molecule has 0 aliphatic heterocycles. The molecule has 1 aliphatic rings. The number of sulfonamides is 1. The van der Waals surface area contributed by atoms with Gasteiger partial charge in [0.2, 0.25) is 0 Å². The van der Waals surface area contributed by atoms with Gasteiger partial charge in [-0.25, -0.2) is 8.42 Å². The van der Waals surface area contributed by atoms with Crippen LogP contribution >= 0.6 is 11.6 Å². The van der Waals surface area contributed by atoms with Gasteiger partial charge in [0.25, 0.3) is 15.7 Å². The summed E-state index contributed by atoms with van der Waals surface area (Å²) in [5, 5.41) is 10.6. The highest BCUT2D eigenvalue weighted by molar-refractivity contribution is 7.89. The quantitative estimate of drug-likeness (QED) is 0.663. The topological polar surface area (TPSA) is 98.5 Å². The van der Waals surface area contributed by atoms with Crippen molar-refractivity contribution in [3.05, 3.63) is 33.3 Å². The molecule has 0 saturated heterocycles. The fraction of sp³-hybridized carbons (Fsp3) is 0.455. The van der Waals surface area contributed by atoms with E-state index in [0.717, 1.165) is 31.7 Å². The minimum Gasteiger partial charge on any atom is -0.284 e. The Bertz CT molecular complexity index is 613. The molecule has 0 amide bonds. The molecule has 2 rings (SSSR count). The van der Waals surface area contributed by atoms with Crippen molar-refractivity contribution >= 4 is 27.3 Å². The Morgan fingerprint density at radius 1 is 1.35 bits per heavy atom. The summed E-state index contributed by atoms with van der Waals surface area (Å²) in [5.74, 6) is 0. The van der Waals surface area contributed by atoms with Crippen LogP contribution in [0.5, 0.6) is 0 Å². The predicted octanol–water partition coefficient (Wildman–Crippen LogP) is 2.40. The second-order valence-corrected chi connectivity index (χ2v) is 6.53. The van der Waals surface area contributed by atoms with Crippen LogP contribution < -0.4 is 4.89 Å². The zero-order chi connectivity index (χ0) is 14.8. The van der Waals surface area contributed by atoms with Crippen molar-refractivity contribution in [3.8, 4) is 0 Å². The van der Waals surface area contributed by atoms with Crippen molar-refractivity contribution in [1.29, 1.82) is 0 Å². The fourth-order valence-electron chi connectivity index (χ4n) is 1.99. The molecule has 9 heteroatoms. The number of nitro groups is 1. The highest BCUT2D eigenvalue weighted by Gasteiger charge is 2.23. The van der Waals surface area contributed by atoms with E-state index in [1.54, 1.807) is 0 Å². The van der Waals surface area contributed by atoms with Gasteiger partial charge in [0, 0.05) is 6.07 Å². The van der Waals surface area contributed by atoms with Crippen LogP contribution in [0.4, 0.5) is 5.69 Å². The summed E-state index contributed by atoms with van der Waals surface area (Å²) in [6.07, 6.45) is 3.44. The lowest BCUT2D eigenvalue weighted by atomic mass is 10.3. The molecule has 1 N–H and O–H groups in total. The molecule has 0 radical (unpaired) electrons. The molecule has 0 heterocycles. The Balaban J connectivity index is 2.16. The Morgan fingerprint density at radius 2 is 2.00 bits per heavy atom. The SMILES string of the molecule is O=[N+]([O-])c1cc(S(=O)(=O)NOC2CCCC2)ccc1Cl. The van der Waals surface area contributed by atoms with E-state index in [4.69, 9.17) is 16.4 Å². The average Bonchev–Trinajstić information content (AvgIpc) is 2.89. The van der Waals surface area contributed by atoms with Gasteiger partial charge in [-0.05, 0) is 25.0 Å². The second kappa shape index (κ2) is 6.04. The summed E-state index contributed by atoms with van der Waals surface area (Å²) in [5.41, 5.74) is -0.463. The summed E-state index contributed by atoms with van der Waals surface area (Å²) in [7, 11) is -3.96. The van der Waals surface area contributed by atoms with E-state index >= 15 is 0 Å². The number of benzene rings is 1. The van der Waals surface area contributed by atoms with Crippen LogP contribution in [0, 0.1) is 10.1 Å². The summed E-state index contributed by atoms with van der Waals surface area (Å²) >= 11 is 5.63. The van der Waals surface area contributed by atoms with E-state index in [2.05, 4.69) is 0 Å². The van der Waals surface area contributed by atoms with E-state index in [1.807, 2.05) is 4.89 Å². The second-order valence-electron chi connectivity index (χ2n) is 4.48. The Hall–Kier alpha value is -1.22. The first-order valence-corrected chi connectivity index (χ1v) is 7.87. The van der Waals surface area contributed by atoms with E-state index < -0.39 is 20.6 Å². The van der Waals surface area contributed by atoms with Gasteiger partial charge in [0.15, 0.2) is 0 Å². The summed E-state index contributed by atoms with van der Waals surface area (Å²) in [6, 6.07) is 3.27. The van der Waals surface area contributed by atoms with E-state index in [0.29, 0.717) is 0 Å². The molecule has 1 fully saturated rings. The van der Waals surface area contributed by atoms with Crippen molar-refractivity contribution in [2.24, 2.45) is 0 Å². The molecule has 20 heavy (non-hydrogen) atoms. The number of hydrogen-bond acceptors (Lipinski definition) is 5. The predicted molar refractivity (Wildman–Crippen MR) is 71.8 cm³/mol. The van der Waals surface area contributed by atoms with Crippen LogP contribution in [0.25, 0.3) is 0 Å². The molecule has 1 aromatic carbocycles. The van der Waals surface area contributed by atoms with E-state index in [9.17, 15) is 18.5 Å². The molecule has 0 spiro atoms. The Kier molecular flexibility index (Phi) is 4.59. The molecule has 1 saturated carbocycles. The van der Waals surface area contributed by atoms with Crippen molar-refractivity contribution in [2.45, 2.75) is 36.7 Å². The number of nitrogens with zero attached hydrogens (tertiary/aromatic N) is 1. The van der Waals surface area contributed by atoms with Crippen molar-refractivity contribution < 1.29 is 18.2 Å². The number of nitro benzene ring substituents is 1. The van der Waals surface area contributed by atoms with Crippen molar-refractivity contribution in [2.75, 3.05) is 0 Å². The van der Waals surface area contributed by atoms with E-state index in [1.165, 1.54) is 12.1 Å². The summed E-state index contributed by atoms with van der Waals surface area (Å²) < 4.78 is 23.9. The van der Waals surface area contributed by atoms with Crippen LogP contribution in [0.15, 0.2) is 23.1 Å². The molecular weight excluding hydrogens is 308 g/mol. The van der Waals surface area contributed by atoms with Gasteiger partial charge in [-0.1, -0.05) is 29.3 Å². The summed E-state index contributed by atoms with van der Waals surface area (Å²) in [6.45, 7) is 0. The number of hydrogen-bond donors (Lipinski definition) is 1. The standard InChI is InChI=1S/C11H13ClN2O5S/c12-10-6-5-9(7-11(10)14(15)16)20(17,18)13-19-8-3-1-2-4-8/h5-8,13H,1-4H2. The van der Waals surface area contributed by atoms with Gasteiger partial charge in [0.05, 0.1) is 15.9 Å². The van der Waals surface area contributed by atoms with Crippen LogP contribution in [0.3, 0.4) is 0 Å². The van der Waals surface area contributed by atoms with Gasteiger partial charge < -0.3 is 0 Å². The molecule has 1 aromatic rings. The first-order valence-electron chi connectivity index (χ1n) is 6.01. The normalized spacial score (nSPS) is 16.4. The van der Waals surface area contributed by atoms with Crippen LogP contribution in [0.1, 0.15) is 25.7 Å². The molecule has 0 atom stereocenters. The lowest BCUT2D eigenvalue weighted by molar-refractivity contribution is -0.384. The minimum atomic E-state index is -3.96. The molecule has 7 nitrogen and oxygen atoms in total. The van der Waals surface area contributed by atoms with Gasteiger partial charge in [-0.3, -0.25) is 15.0 Å². The number of nitrogens with one attached hydrogen (secondary N) is 1. The molecular formula is C11H13ClN2O5S. The molecule has 0 unspecified atom stereocenters. The number of rotatable bonds is 5. The van der Waals surface area contributed by atoms with Gasteiger partial charge >= 0.3 is 0 Å². The van der Waals surface area contributed by atoms with Crippen molar-refractivity contribution in [1.82, 2.24) is 4.89 Å². The first kappa shape index (κ1) is 15.2. The first-order chi connectivity index (χ1) is 9.40. The monoisotopic (exact) mass is 320 g/mol. The largest absolute Gasteiger partial charge is 0.289 e. The van der Waals surface area contributed by atoms with Crippen LogP contribution in [-0.2, 0) is 14.9 Å². The molecule has 0 bridgehead atoms. The Labute approximate surface area is 121 Å². The van der Waals surface area contributed by atoms with Crippen LogP contribution in [-0.4, -0.2) is 19.4 Å². The third-order valence-corrected chi connectivity index (χ3v) is 4.56. The third kappa shape index (κ3) is 3.45. The van der Waals surface area contributed by atoms with Crippen LogP contribution in [0.2, 0.25) is 5.02 Å². The van der Waals surface area contributed by atoms with E-state index in [-0.39, 0.29) is 16.0 Å². The highest BCUT2D eigenvalue weighted by atomic mass is 35.5. The maximum atomic E-state index is 12.0. The lowest BCUT2D eigenvalue weighted by Crippen LogP contribution is -2.28. The molecule has 1 aliphatic carbocycles. The zero-order valence-corrected chi connectivity index (χ0v) is 12.0. The Morgan fingerprint density at radius 3 is 2.60 bits per heavy atom. The molecule has 0 aromatic heterocycles. The fourth-order valence-corrected chi connectivity index (χ4v) is 3.04. The zero-order valence-electron chi connectivity index (χ0n) is 10.4. The van der Waals surface area contributed by atoms with Gasteiger partial charge in [-0.15, -0.1) is 0 Å². The molecule has 110 valence electrons. The smallest absolute Gasteiger partial charge is 0.284 e. The lowest BCUT2D eigenvalue weighted by Gasteiger charge is -2.12. The third-order valence-electron chi connectivity index (χ3n) is 3.05. The highest BCUT2D eigenvalue weighted by Crippen LogP contribution is 2.27. The number of halogens is 1. The van der Waals surface area contributed by atoms with Crippen molar-refractivity contribution in [3.63, 3.8) is 0 Å². The maximum Gasteiger partial charge on any atom is 0.289 e. The minimum absolute atomic E-state index is 0.120. The average molecular weight is 321 g/mol. The summed E-state index contributed by atoms with van der Waals surface area (Å²) in [4.78, 5) is 16.9. The maximum absolute atomic E-state index is 12.0.